The zero-order valence-electron chi connectivity index (χ0n) is 12.5. The number of anilines is 1. The third kappa shape index (κ3) is 3.93. The average Bonchev–Trinajstić information content (AvgIpc) is 2.86. The fourth-order valence-electron chi connectivity index (χ4n) is 2.91. The maximum absolute atomic E-state index is 4.49. The van der Waals surface area contributed by atoms with Gasteiger partial charge in [0.1, 0.15) is 5.82 Å². The van der Waals surface area contributed by atoms with Gasteiger partial charge < -0.3 is 5.32 Å². The van der Waals surface area contributed by atoms with Crippen LogP contribution in [0, 0.1) is 5.92 Å². The van der Waals surface area contributed by atoms with Crippen molar-refractivity contribution in [3.05, 3.63) is 23.9 Å². The number of rotatable bonds is 6. The molecule has 1 unspecified atom stereocenters. The summed E-state index contributed by atoms with van der Waals surface area (Å²) >= 11 is 0. The number of likely N-dealkylation sites (tertiary alicyclic amines) is 1. The molecule has 1 N–H and O–H groups in total. The summed E-state index contributed by atoms with van der Waals surface area (Å²) in [4.78, 5) is 7.10. The lowest BCUT2D eigenvalue weighted by Crippen LogP contribution is -2.32. The molecule has 1 aromatic heterocycles. The molecule has 0 spiro atoms. The molecule has 1 saturated heterocycles. The quantitative estimate of drug-likeness (QED) is 0.849. The maximum atomic E-state index is 4.49. The molecule has 1 aliphatic heterocycles. The zero-order valence-corrected chi connectivity index (χ0v) is 12.5. The smallest absolute Gasteiger partial charge is 0.125 e. The number of aromatic nitrogens is 1. The van der Waals surface area contributed by atoms with Gasteiger partial charge in [-0.3, -0.25) is 4.90 Å². The Morgan fingerprint density at radius 3 is 2.89 bits per heavy atom. The number of hydrogen-bond acceptors (Lipinski definition) is 3. The summed E-state index contributed by atoms with van der Waals surface area (Å²) in [7, 11) is 0. The van der Waals surface area contributed by atoms with Crippen LogP contribution in [0.2, 0.25) is 0 Å². The molecular weight excluding hydrogens is 234 g/mol. The highest BCUT2D eigenvalue weighted by atomic mass is 15.2. The summed E-state index contributed by atoms with van der Waals surface area (Å²) in [5.41, 5.74) is 1.33. The Morgan fingerprint density at radius 2 is 2.26 bits per heavy atom. The van der Waals surface area contributed by atoms with Gasteiger partial charge in [0.2, 0.25) is 0 Å². The molecule has 2 rings (SSSR count). The van der Waals surface area contributed by atoms with E-state index in [1.165, 1.54) is 24.9 Å². The second-order valence-electron chi connectivity index (χ2n) is 5.90. The van der Waals surface area contributed by atoms with Crippen molar-refractivity contribution in [2.45, 2.75) is 52.6 Å². The fraction of sp³-hybridized carbons (Fsp3) is 0.688. The normalized spacial score (nSPS) is 20.1. The van der Waals surface area contributed by atoms with E-state index in [1.54, 1.807) is 0 Å². The second kappa shape index (κ2) is 6.90. The molecule has 0 aliphatic carbocycles. The van der Waals surface area contributed by atoms with Crippen LogP contribution in [0.1, 0.15) is 45.6 Å². The zero-order chi connectivity index (χ0) is 13.7. The first-order chi connectivity index (χ1) is 9.20. The van der Waals surface area contributed by atoms with Crippen LogP contribution >= 0.6 is 0 Å². The van der Waals surface area contributed by atoms with Gasteiger partial charge >= 0.3 is 0 Å². The van der Waals surface area contributed by atoms with Gasteiger partial charge in [-0.05, 0) is 43.4 Å². The Bertz CT molecular complexity index is 372. The van der Waals surface area contributed by atoms with Crippen molar-refractivity contribution in [2.24, 2.45) is 5.92 Å². The summed E-state index contributed by atoms with van der Waals surface area (Å²) in [6.07, 6.45) is 5.84. The summed E-state index contributed by atoms with van der Waals surface area (Å²) in [5.74, 6) is 1.74. The molecule has 1 fully saturated rings. The minimum absolute atomic E-state index is 0.748. The topological polar surface area (TPSA) is 28.2 Å². The Balaban J connectivity index is 1.92. The minimum Gasteiger partial charge on any atom is -0.370 e. The molecule has 3 heteroatoms. The Morgan fingerprint density at radius 1 is 1.42 bits per heavy atom. The van der Waals surface area contributed by atoms with Gasteiger partial charge in [-0.25, -0.2) is 4.98 Å². The first-order valence-corrected chi connectivity index (χ1v) is 7.63. The van der Waals surface area contributed by atoms with Gasteiger partial charge in [-0.15, -0.1) is 0 Å². The van der Waals surface area contributed by atoms with Crippen molar-refractivity contribution >= 4 is 5.82 Å². The Hall–Kier alpha value is -1.09. The molecule has 1 aromatic rings. The minimum atomic E-state index is 0.748. The number of nitrogens with zero attached hydrogens (tertiary/aromatic N) is 2. The Labute approximate surface area is 117 Å². The summed E-state index contributed by atoms with van der Waals surface area (Å²) < 4.78 is 0. The van der Waals surface area contributed by atoms with E-state index in [0.717, 1.165) is 37.3 Å². The van der Waals surface area contributed by atoms with Gasteiger partial charge in [0.15, 0.2) is 0 Å². The van der Waals surface area contributed by atoms with Crippen molar-refractivity contribution in [3.63, 3.8) is 0 Å². The van der Waals surface area contributed by atoms with E-state index >= 15 is 0 Å². The van der Waals surface area contributed by atoms with Crippen LogP contribution in [0.4, 0.5) is 5.82 Å². The SMILES string of the molecule is CCCNc1ccc(CN2CCCC2C(C)C)cn1. The molecule has 1 aliphatic rings. The van der Waals surface area contributed by atoms with Crippen molar-refractivity contribution in [3.8, 4) is 0 Å². The van der Waals surface area contributed by atoms with E-state index in [0.29, 0.717) is 0 Å². The van der Waals surface area contributed by atoms with Crippen LogP contribution in [0.15, 0.2) is 18.3 Å². The number of hydrogen-bond donors (Lipinski definition) is 1. The standard InChI is InChI=1S/C16H27N3/c1-4-9-17-16-8-7-14(11-18-16)12-19-10-5-6-15(19)13(2)3/h7-8,11,13,15H,4-6,9-10,12H2,1-3H3,(H,17,18). The van der Waals surface area contributed by atoms with E-state index in [9.17, 15) is 0 Å². The first-order valence-electron chi connectivity index (χ1n) is 7.63. The highest BCUT2D eigenvalue weighted by Gasteiger charge is 2.26. The van der Waals surface area contributed by atoms with Gasteiger partial charge in [0, 0.05) is 25.3 Å². The molecule has 3 nitrogen and oxygen atoms in total. The third-order valence-electron chi connectivity index (χ3n) is 3.95. The molecule has 0 amide bonds. The summed E-state index contributed by atoms with van der Waals surface area (Å²) in [5, 5.41) is 3.32. The summed E-state index contributed by atoms with van der Waals surface area (Å²) in [6, 6.07) is 5.06. The summed E-state index contributed by atoms with van der Waals surface area (Å²) in [6.45, 7) is 10.1. The fourth-order valence-corrected chi connectivity index (χ4v) is 2.91. The van der Waals surface area contributed by atoms with Crippen molar-refractivity contribution in [2.75, 3.05) is 18.4 Å². The van der Waals surface area contributed by atoms with Crippen LogP contribution in [-0.2, 0) is 6.54 Å². The molecule has 0 aromatic carbocycles. The van der Waals surface area contributed by atoms with E-state index in [4.69, 9.17) is 0 Å². The monoisotopic (exact) mass is 261 g/mol. The molecule has 2 heterocycles. The average molecular weight is 261 g/mol. The van der Waals surface area contributed by atoms with Crippen LogP contribution < -0.4 is 5.32 Å². The first kappa shape index (κ1) is 14.3. The molecule has 0 saturated carbocycles. The van der Waals surface area contributed by atoms with E-state index < -0.39 is 0 Å². The Kier molecular flexibility index (Phi) is 5.20. The van der Waals surface area contributed by atoms with Crippen LogP contribution in [0.25, 0.3) is 0 Å². The number of pyridine rings is 1. The van der Waals surface area contributed by atoms with Crippen molar-refractivity contribution in [1.29, 1.82) is 0 Å². The van der Waals surface area contributed by atoms with Crippen LogP contribution in [0.5, 0.6) is 0 Å². The van der Waals surface area contributed by atoms with Gasteiger partial charge in [-0.2, -0.15) is 0 Å². The van der Waals surface area contributed by atoms with E-state index in [-0.39, 0.29) is 0 Å². The largest absolute Gasteiger partial charge is 0.370 e. The van der Waals surface area contributed by atoms with Gasteiger partial charge in [-0.1, -0.05) is 26.8 Å². The van der Waals surface area contributed by atoms with Crippen LogP contribution in [-0.4, -0.2) is 29.0 Å². The van der Waals surface area contributed by atoms with Crippen LogP contribution in [0.3, 0.4) is 0 Å². The second-order valence-corrected chi connectivity index (χ2v) is 5.90. The molecule has 0 radical (unpaired) electrons. The third-order valence-corrected chi connectivity index (χ3v) is 3.95. The van der Waals surface area contributed by atoms with Gasteiger partial charge in [0.05, 0.1) is 0 Å². The van der Waals surface area contributed by atoms with E-state index in [1.807, 2.05) is 6.20 Å². The molecular formula is C16H27N3. The predicted octanol–water partition coefficient (Wildman–Crippen LogP) is 3.52. The molecule has 1 atom stereocenters. The van der Waals surface area contributed by atoms with Gasteiger partial charge in [0.25, 0.3) is 0 Å². The highest BCUT2D eigenvalue weighted by molar-refractivity contribution is 5.35. The highest BCUT2D eigenvalue weighted by Crippen LogP contribution is 2.25. The van der Waals surface area contributed by atoms with E-state index in [2.05, 4.69) is 48.1 Å². The maximum Gasteiger partial charge on any atom is 0.125 e. The lowest BCUT2D eigenvalue weighted by molar-refractivity contribution is 0.198. The van der Waals surface area contributed by atoms with Crippen molar-refractivity contribution in [1.82, 2.24) is 9.88 Å². The molecule has 106 valence electrons. The molecule has 19 heavy (non-hydrogen) atoms. The lowest BCUT2D eigenvalue weighted by atomic mass is 10.0. The van der Waals surface area contributed by atoms with Crippen molar-refractivity contribution < 1.29 is 0 Å². The number of nitrogens with one attached hydrogen (secondary N) is 1. The lowest BCUT2D eigenvalue weighted by Gasteiger charge is -2.27. The predicted molar refractivity (Wildman–Crippen MR) is 81.3 cm³/mol. The molecule has 0 bridgehead atoms.